The van der Waals surface area contributed by atoms with Gasteiger partial charge in [0.05, 0.1) is 24.3 Å². The number of carbonyl (C=O) groups is 1. The first-order chi connectivity index (χ1) is 6.84. The zero-order valence-electron chi connectivity index (χ0n) is 7.66. The molecule has 1 aromatic carbocycles. The van der Waals surface area contributed by atoms with Crippen LogP contribution in [0.3, 0.4) is 0 Å². The van der Waals surface area contributed by atoms with E-state index in [0.717, 1.165) is 11.2 Å². The Morgan fingerprint density at radius 3 is 3.14 bits per heavy atom. The van der Waals surface area contributed by atoms with Gasteiger partial charge in [0.25, 0.3) is 0 Å². The lowest BCUT2D eigenvalue weighted by Crippen LogP contribution is -2.15. The molecule has 0 saturated carbocycles. The minimum Gasteiger partial charge on any atom is -0.376 e. The molecule has 0 amide bonds. The molecule has 14 heavy (non-hydrogen) atoms. The normalized spacial score (nSPS) is 15.3. The topological polar surface area (TPSA) is 34.0 Å². The molecule has 1 aliphatic rings. The van der Waals surface area contributed by atoms with Crippen LogP contribution < -0.4 is 5.32 Å². The van der Waals surface area contributed by atoms with E-state index in [1.165, 1.54) is 5.39 Å². The average Bonchev–Trinajstić information content (AvgIpc) is 2.51. The first-order valence-corrected chi connectivity index (χ1v) is 4.68. The van der Waals surface area contributed by atoms with Crippen molar-refractivity contribution in [3.63, 3.8) is 0 Å². The lowest BCUT2D eigenvalue weighted by molar-refractivity contribution is -0.117. The predicted octanol–water partition coefficient (Wildman–Crippen LogP) is 1.64. The smallest absolute Gasteiger partial charge is 0.171 e. The van der Waals surface area contributed by atoms with Gasteiger partial charge in [0, 0.05) is 11.6 Å². The van der Waals surface area contributed by atoms with Crippen LogP contribution in [-0.2, 0) is 11.3 Å². The minimum absolute atomic E-state index is 0.221. The van der Waals surface area contributed by atoms with Gasteiger partial charge in [0.2, 0.25) is 0 Å². The Bertz CT molecular complexity index is 513. The highest BCUT2D eigenvalue weighted by molar-refractivity contribution is 5.96. The maximum atomic E-state index is 11.4. The highest BCUT2D eigenvalue weighted by Crippen LogP contribution is 2.25. The Morgan fingerprint density at radius 2 is 2.21 bits per heavy atom. The van der Waals surface area contributed by atoms with E-state index in [4.69, 9.17) is 0 Å². The Morgan fingerprint density at radius 1 is 1.29 bits per heavy atom. The lowest BCUT2D eigenvalue weighted by Gasteiger charge is -2.03. The highest BCUT2D eigenvalue weighted by Gasteiger charge is 2.13. The Hall–Kier alpha value is -1.77. The maximum absolute atomic E-state index is 11.4. The molecule has 2 aromatic rings. The number of nitrogens with one attached hydrogen (secondary N) is 1. The Labute approximate surface area is 81.3 Å². The summed E-state index contributed by atoms with van der Waals surface area (Å²) < 4.78 is 2.01. The molecule has 3 rings (SSSR count). The van der Waals surface area contributed by atoms with Crippen molar-refractivity contribution in [1.82, 2.24) is 4.57 Å². The van der Waals surface area contributed by atoms with Gasteiger partial charge in [-0.05, 0) is 12.1 Å². The van der Waals surface area contributed by atoms with Crippen molar-refractivity contribution in [1.29, 1.82) is 0 Å². The molecule has 0 radical (unpaired) electrons. The van der Waals surface area contributed by atoms with E-state index in [-0.39, 0.29) is 5.78 Å². The molecule has 0 fully saturated rings. The standard InChI is InChI=1S/C11H10N2O/c14-9-6-12-10-3-1-2-8-4-5-13(7-9)11(8)10/h1-5,12H,6-7H2. The second-order valence-electron chi connectivity index (χ2n) is 3.58. The van der Waals surface area contributed by atoms with Gasteiger partial charge in [-0.25, -0.2) is 0 Å². The van der Waals surface area contributed by atoms with Gasteiger partial charge in [-0.2, -0.15) is 0 Å². The van der Waals surface area contributed by atoms with Crippen LogP contribution >= 0.6 is 0 Å². The Kier molecular flexibility index (Phi) is 1.42. The van der Waals surface area contributed by atoms with Gasteiger partial charge in [-0.1, -0.05) is 12.1 Å². The zero-order valence-corrected chi connectivity index (χ0v) is 7.66. The van der Waals surface area contributed by atoms with Crippen molar-refractivity contribution in [3.8, 4) is 0 Å². The molecule has 0 bridgehead atoms. The van der Waals surface area contributed by atoms with E-state index >= 15 is 0 Å². The van der Waals surface area contributed by atoms with Gasteiger partial charge >= 0.3 is 0 Å². The van der Waals surface area contributed by atoms with E-state index in [0.29, 0.717) is 13.1 Å². The molecule has 3 heteroatoms. The fraction of sp³-hybridized carbons (Fsp3) is 0.182. The third-order valence-corrected chi connectivity index (χ3v) is 2.61. The molecule has 3 nitrogen and oxygen atoms in total. The molecule has 0 aliphatic carbocycles. The third-order valence-electron chi connectivity index (χ3n) is 2.61. The van der Waals surface area contributed by atoms with Crippen molar-refractivity contribution in [2.45, 2.75) is 6.54 Å². The van der Waals surface area contributed by atoms with Crippen LogP contribution in [0.5, 0.6) is 0 Å². The van der Waals surface area contributed by atoms with E-state index in [2.05, 4.69) is 11.4 Å². The average molecular weight is 186 g/mol. The molecule has 0 saturated heterocycles. The molecule has 70 valence electrons. The van der Waals surface area contributed by atoms with Crippen molar-refractivity contribution in [2.75, 3.05) is 11.9 Å². The zero-order chi connectivity index (χ0) is 9.54. The molecule has 0 unspecified atom stereocenters. The molecule has 1 N–H and O–H groups in total. The van der Waals surface area contributed by atoms with Gasteiger partial charge in [-0.15, -0.1) is 0 Å². The van der Waals surface area contributed by atoms with Gasteiger partial charge in [0.15, 0.2) is 5.78 Å². The third kappa shape index (κ3) is 0.954. The van der Waals surface area contributed by atoms with Crippen molar-refractivity contribution in [2.24, 2.45) is 0 Å². The fourth-order valence-electron chi connectivity index (χ4n) is 1.98. The van der Waals surface area contributed by atoms with E-state index in [1.54, 1.807) is 0 Å². The number of nitrogens with zero attached hydrogens (tertiary/aromatic N) is 1. The number of Topliss-reactive ketones (excluding diaryl/α,β-unsaturated/α-hetero) is 1. The van der Waals surface area contributed by atoms with Crippen LogP contribution in [0.4, 0.5) is 5.69 Å². The Balaban J connectivity index is 2.35. The molecule has 1 aliphatic heterocycles. The highest BCUT2D eigenvalue weighted by atomic mass is 16.1. The number of hydrogen-bond donors (Lipinski definition) is 1. The summed E-state index contributed by atoms with van der Waals surface area (Å²) in [5.41, 5.74) is 2.19. The number of ketones is 1. The minimum atomic E-state index is 0.221. The maximum Gasteiger partial charge on any atom is 0.171 e. The first kappa shape index (κ1) is 7.62. The summed E-state index contributed by atoms with van der Waals surface area (Å²) in [6, 6.07) is 8.12. The number of anilines is 1. The number of benzene rings is 1. The van der Waals surface area contributed by atoms with Gasteiger partial charge < -0.3 is 9.88 Å². The van der Waals surface area contributed by atoms with Crippen molar-refractivity contribution < 1.29 is 4.79 Å². The molecule has 0 spiro atoms. The summed E-state index contributed by atoms with van der Waals surface area (Å²) in [6.45, 7) is 0.911. The van der Waals surface area contributed by atoms with Crippen LogP contribution in [0.1, 0.15) is 0 Å². The van der Waals surface area contributed by atoms with E-state index < -0.39 is 0 Å². The number of hydrogen-bond acceptors (Lipinski definition) is 2. The molecule has 0 atom stereocenters. The fourth-order valence-corrected chi connectivity index (χ4v) is 1.98. The number of carbonyl (C=O) groups excluding carboxylic acids is 1. The number of para-hydroxylation sites is 1. The second kappa shape index (κ2) is 2.61. The summed E-state index contributed by atoms with van der Waals surface area (Å²) in [5.74, 6) is 0.221. The van der Waals surface area contributed by atoms with Gasteiger partial charge in [0.1, 0.15) is 0 Å². The quantitative estimate of drug-likeness (QED) is 0.678. The molecule has 1 aromatic heterocycles. The largest absolute Gasteiger partial charge is 0.376 e. The van der Waals surface area contributed by atoms with Crippen LogP contribution in [0, 0.1) is 0 Å². The summed E-state index contributed by atoms with van der Waals surface area (Å²) in [5, 5.41) is 4.34. The van der Waals surface area contributed by atoms with Crippen LogP contribution in [0.25, 0.3) is 10.9 Å². The molecular weight excluding hydrogens is 176 g/mol. The second-order valence-corrected chi connectivity index (χ2v) is 3.58. The number of aromatic nitrogens is 1. The molecular formula is C11H10N2O. The monoisotopic (exact) mass is 186 g/mol. The first-order valence-electron chi connectivity index (χ1n) is 4.68. The van der Waals surface area contributed by atoms with Gasteiger partial charge in [-0.3, -0.25) is 4.79 Å². The van der Waals surface area contributed by atoms with Crippen LogP contribution in [0.2, 0.25) is 0 Å². The van der Waals surface area contributed by atoms with Crippen LogP contribution in [0.15, 0.2) is 30.5 Å². The van der Waals surface area contributed by atoms with Crippen molar-refractivity contribution in [3.05, 3.63) is 30.5 Å². The number of rotatable bonds is 0. The SMILES string of the molecule is O=C1CNc2cccc3ccn(c23)C1. The summed E-state index contributed by atoms with van der Waals surface area (Å²) in [7, 11) is 0. The molecule has 2 heterocycles. The van der Waals surface area contributed by atoms with E-state index in [9.17, 15) is 4.79 Å². The predicted molar refractivity (Wildman–Crippen MR) is 55.4 cm³/mol. The lowest BCUT2D eigenvalue weighted by atomic mass is 10.2. The van der Waals surface area contributed by atoms with Crippen LogP contribution in [-0.4, -0.2) is 16.9 Å². The summed E-state index contributed by atoms with van der Waals surface area (Å²) in [6.07, 6.45) is 1.97. The summed E-state index contributed by atoms with van der Waals surface area (Å²) >= 11 is 0. The van der Waals surface area contributed by atoms with E-state index in [1.807, 2.05) is 29.0 Å². The van der Waals surface area contributed by atoms with Crippen molar-refractivity contribution >= 4 is 22.4 Å². The summed E-state index contributed by atoms with van der Waals surface area (Å²) in [4.78, 5) is 11.4.